The maximum absolute atomic E-state index is 11.2. The van der Waals surface area contributed by atoms with Gasteiger partial charge in [0.25, 0.3) is 0 Å². The third kappa shape index (κ3) is 7.79. The van der Waals surface area contributed by atoms with E-state index in [0.29, 0.717) is 24.1 Å². The standard InChI is InChI=1S/C12H19NO2/c1-9(2)12(15)7-5-4-6-11(14)8-10(3)13/h13H,1,4-8H2,2-3H3. The maximum atomic E-state index is 11.2. The van der Waals surface area contributed by atoms with E-state index in [-0.39, 0.29) is 18.0 Å². The van der Waals surface area contributed by atoms with Crippen LogP contribution in [0, 0.1) is 5.41 Å². The van der Waals surface area contributed by atoms with Gasteiger partial charge in [-0.05, 0) is 32.3 Å². The van der Waals surface area contributed by atoms with E-state index in [1.54, 1.807) is 13.8 Å². The van der Waals surface area contributed by atoms with Crippen LogP contribution in [0.2, 0.25) is 0 Å². The molecule has 0 amide bonds. The van der Waals surface area contributed by atoms with Crippen molar-refractivity contribution in [2.45, 2.75) is 46.0 Å². The van der Waals surface area contributed by atoms with Gasteiger partial charge in [-0.25, -0.2) is 0 Å². The van der Waals surface area contributed by atoms with Crippen LogP contribution in [0.4, 0.5) is 0 Å². The highest BCUT2D eigenvalue weighted by Gasteiger charge is 2.05. The molecule has 0 aromatic heterocycles. The van der Waals surface area contributed by atoms with Crippen LogP contribution in [-0.4, -0.2) is 17.3 Å². The van der Waals surface area contributed by atoms with Crippen LogP contribution >= 0.6 is 0 Å². The van der Waals surface area contributed by atoms with Gasteiger partial charge in [-0.3, -0.25) is 9.59 Å². The molecule has 0 fully saturated rings. The first-order valence-electron chi connectivity index (χ1n) is 5.18. The Bertz CT molecular complexity index is 279. The lowest BCUT2D eigenvalue weighted by molar-refractivity contribution is -0.118. The second kappa shape index (κ2) is 7.10. The summed E-state index contributed by atoms with van der Waals surface area (Å²) in [6.07, 6.45) is 2.65. The molecular weight excluding hydrogens is 190 g/mol. The summed E-state index contributed by atoms with van der Waals surface area (Å²) in [5.74, 6) is 0.163. The first kappa shape index (κ1) is 13.8. The van der Waals surface area contributed by atoms with Gasteiger partial charge < -0.3 is 5.41 Å². The van der Waals surface area contributed by atoms with E-state index in [0.717, 1.165) is 12.8 Å². The molecule has 0 saturated carbocycles. The highest BCUT2D eigenvalue weighted by atomic mass is 16.1. The van der Waals surface area contributed by atoms with E-state index in [1.165, 1.54) is 0 Å². The van der Waals surface area contributed by atoms with Crippen LogP contribution in [-0.2, 0) is 9.59 Å². The van der Waals surface area contributed by atoms with E-state index in [4.69, 9.17) is 5.41 Å². The van der Waals surface area contributed by atoms with Crippen LogP contribution in [0.15, 0.2) is 12.2 Å². The highest BCUT2D eigenvalue weighted by Crippen LogP contribution is 2.06. The smallest absolute Gasteiger partial charge is 0.157 e. The second-order valence-corrected chi connectivity index (χ2v) is 3.91. The van der Waals surface area contributed by atoms with Crippen LogP contribution in [0.5, 0.6) is 0 Å². The van der Waals surface area contributed by atoms with E-state index in [2.05, 4.69) is 6.58 Å². The van der Waals surface area contributed by atoms with E-state index < -0.39 is 0 Å². The minimum atomic E-state index is 0.0747. The summed E-state index contributed by atoms with van der Waals surface area (Å²) >= 11 is 0. The molecule has 0 aromatic carbocycles. The summed E-state index contributed by atoms with van der Waals surface area (Å²) in [7, 11) is 0. The Labute approximate surface area is 91.1 Å². The zero-order valence-electron chi connectivity index (χ0n) is 9.56. The number of carbonyl (C=O) groups excluding carboxylic acids is 2. The normalized spacial score (nSPS) is 9.73. The molecule has 0 unspecified atom stereocenters. The molecule has 3 nitrogen and oxygen atoms in total. The van der Waals surface area contributed by atoms with E-state index in [1.807, 2.05) is 0 Å². The van der Waals surface area contributed by atoms with Crippen LogP contribution < -0.4 is 0 Å². The van der Waals surface area contributed by atoms with E-state index >= 15 is 0 Å². The maximum Gasteiger partial charge on any atom is 0.157 e. The van der Waals surface area contributed by atoms with Gasteiger partial charge in [0.05, 0.1) is 0 Å². The first-order valence-corrected chi connectivity index (χ1v) is 5.18. The Morgan fingerprint density at radius 1 is 1.13 bits per heavy atom. The summed E-state index contributed by atoms with van der Waals surface area (Å²) in [5.41, 5.74) is 0.981. The molecule has 0 spiro atoms. The van der Waals surface area contributed by atoms with Gasteiger partial charge in [0.2, 0.25) is 0 Å². The molecule has 0 aliphatic carbocycles. The Hall–Kier alpha value is -1.25. The Kier molecular flexibility index (Phi) is 6.50. The molecule has 0 heterocycles. The van der Waals surface area contributed by atoms with Gasteiger partial charge in [-0.2, -0.15) is 0 Å². The predicted octanol–water partition coefficient (Wildman–Crippen LogP) is 2.69. The number of Topliss-reactive ketones (excluding diaryl/α,β-unsaturated/α-hetero) is 2. The molecule has 1 N–H and O–H groups in total. The van der Waals surface area contributed by atoms with Gasteiger partial charge in [0, 0.05) is 25.0 Å². The third-order valence-corrected chi connectivity index (χ3v) is 2.05. The molecule has 0 atom stereocenters. The summed E-state index contributed by atoms with van der Waals surface area (Å²) in [4.78, 5) is 22.3. The Morgan fingerprint density at radius 3 is 2.13 bits per heavy atom. The lowest BCUT2D eigenvalue weighted by Crippen LogP contribution is -2.04. The van der Waals surface area contributed by atoms with Crippen LogP contribution in [0.1, 0.15) is 46.0 Å². The zero-order valence-corrected chi connectivity index (χ0v) is 9.56. The molecule has 0 aliphatic rings. The van der Waals surface area contributed by atoms with Crippen molar-refractivity contribution in [3.05, 3.63) is 12.2 Å². The fourth-order valence-electron chi connectivity index (χ4n) is 1.21. The fourth-order valence-corrected chi connectivity index (χ4v) is 1.21. The first-order chi connectivity index (χ1) is 6.93. The highest BCUT2D eigenvalue weighted by molar-refractivity contribution is 5.99. The molecular formula is C12H19NO2. The largest absolute Gasteiger partial charge is 0.310 e. The molecule has 0 saturated heterocycles. The lowest BCUT2D eigenvalue weighted by Gasteiger charge is -2.00. The molecule has 15 heavy (non-hydrogen) atoms. The number of hydrogen-bond acceptors (Lipinski definition) is 3. The SMILES string of the molecule is C=C(C)C(=O)CCCCC(=O)CC(C)=N. The van der Waals surface area contributed by atoms with Gasteiger partial charge in [-0.15, -0.1) is 0 Å². The number of hydrogen-bond donors (Lipinski definition) is 1. The molecule has 3 heteroatoms. The Balaban J connectivity index is 3.55. The van der Waals surface area contributed by atoms with Crippen molar-refractivity contribution in [2.24, 2.45) is 0 Å². The molecule has 0 aliphatic heterocycles. The van der Waals surface area contributed by atoms with Crippen molar-refractivity contribution >= 4 is 17.3 Å². The van der Waals surface area contributed by atoms with Crippen molar-refractivity contribution in [1.82, 2.24) is 0 Å². The van der Waals surface area contributed by atoms with Gasteiger partial charge in [-0.1, -0.05) is 6.58 Å². The lowest BCUT2D eigenvalue weighted by atomic mass is 10.0. The van der Waals surface area contributed by atoms with Crippen LogP contribution in [0.25, 0.3) is 0 Å². The minimum absolute atomic E-state index is 0.0747. The van der Waals surface area contributed by atoms with Gasteiger partial charge in [0.15, 0.2) is 5.78 Å². The molecule has 0 rings (SSSR count). The van der Waals surface area contributed by atoms with Gasteiger partial charge in [0.1, 0.15) is 5.78 Å². The fraction of sp³-hybridized carbons (Fsp3) is 0.583. The van der Waals surface area contributed by atoms with Crippen molar-refractivity contribution in [3.63, 3.8) is 0 Å². The Morgan fingerprint density at radius 2 is 1.67 bits per heavy atom. The van der Waals surface area contributed by atoms with Gasteiger partial charge >= 0.3 is 0 Å². The minimum Gasteiger partial charge on any atom is -0.310 e. The topological polar surface area (TPSA) is 58.0 Å². The third-order valence-electron chi connectivity index (χ3n) is 2.05. The quantitative estimate of drug-likeness (QED) is 0.379. The number of allylic oxidation sites excluding steroid dienone is 1. The second-order valence-electron chi connectivity index (χ2n) is 3.91. The monoisotopic (exact) mass is 209 g/mol. The zero-order chi connectivity index (χ0) is 11.8. The number of nitrogens with one attached hydrogen (secondary N) is 1. The van der Waals surface area contributed by atoms with Crippen LogP contribution in [0.3, 0.4) is 0 Å². The average Bonchev–Trinajstić information content (AvgIpc) is 2.10. The summed E-state index contributed by atoms with van der Waals surface area (Å²) < 4.78 is 0. The average molecular weight is 209 g/mol. The van der Waals surface area contributed by atoms with Crippen molar-refractivity contribution in [2.75, 3.05) is 0 Å². The molecule has 0 radical (unpaired) electrons. The van der Waals surface area contributed by atoms with Crippen molar-refractivity contribution in [1.29, 1.82) is 5.41 Å². The number of ketones is 2. The summed E-state index contributed by atoms with van der Waals surface area (Å²) in [5, 5.41) is 7.14. The summed E-state index contributed by atoms with van der Waals surface area (Å²) in [6.45, 7) is 6.89. The summed E-state index contributed by atoms with van der Waals surface area (Å²) in [6, 6.07) is 0. The molecule has 0 aromatic rings. The van der Waals surface area contributed by atoms with E-state index in [9.17, 15) is 9.59 Å². The molecule has 0 bridgehead atoms. The number of rotatable bonds is 8. The predicted molar refractivity (Wildman–Crippen MR) is 61.3 cm³/mol. The van der Waals surface area contributed by atoms with Crippen molar-refractivity contribution < 1.29 is 9.59 Å². The number of carbonyl (C=O) groups is 2. The molecule has 84 valence electrons. The number of unbranched alkanes of at least 4 members (excludes halogenated alkanes) is 1. The van der Waals surface area contributed by atoms with Crippen molar-refractivity contribution in [3.8, 4) is 0 Å².